The van der Waals surface area contributed by atoms with Gasteiger partial charge in [-0.2, -0.15) is 0 Å². The van der Waals surface area contributed by atoms with Crippen LogP contribution in [0.2, 0.25) is 5.02 Å². The monoisotopic (exact) mass is 274 g/mol. The third-order valence-electron chi connectivity index (χ3n) is 2.75. The first-order valence-electron chi connectivity index (χ1n) is 4.90. The van der Waals surface area contributed by atoms with Crippen LogP contribution in [0, 0.1) is 5.41 Å². The molecule has 0 fully saturated rings. The van der Waals surface area contributed by atoms with Gasteiger partial charge in [0.05, 0.1) is 0 Å². The molecule has 1 rings (SSSR count). The van der Waals surface area contributed by atoms with Crippen LogP contribution in [0.4, 0.5) is 0 Å². The van der Waals surface area contributed by atoms with Crippen LogP contribution in [0.1, 0.15) is 25.8 Å². The molecule has 78 valence electrons. The van der Waals surface area contributed by atoms with Crippen molar-refractivity contribution < 1.29 is 0 Å². The average Bonchev–Trinajstić information content (AvgIpc) is 2.21. The molecule has 0 amide bonds. The molecule has 2 heteroatoms. The number of alkyl halides is 1. The standard InChI is InChI=1S/C12H16BrCl/c1-3-12(2,9-13)8-10-6-4-5-7-11(10)14/h4-7H,3,8-9H2,1-2H3. The molecule has 0 N–H and O–H groups in total. The Kier molecular flexibility index (Phi) is 4.46. The van der Waals surface area contributed by atoms with Crippen LogP contribution >= 0.6 is 27.5 Å². The normalized spacial score (nSPS) is 15.1. The largest absolute Gasteiger partial charge is 0.0922 e. The zero-order chi connectivity index (χ0) is 10.6. The lowest BCUT2D eigenvalue weighted by atomic mass is 9.83. The van der Waals surface area contributed by atoms with Crippen LogP contribution in [0.15, 0.2) is 24.3 Å². The fraction of sp³-hybridized carbons (Fsp3) is 0.500. The molecule has 0 heterocycles. The smallest absolute Gasteiger partial charge is 0.0438 e. The van der Waals surface area contributed by atoms with E-state index < -0.39 is 0 Å². The second-order valence-corrected chi connectivity index (χ2v) is 5.03. The van der Waals surface area contributed by atoms with Gasteiger partial charge in [-0.05, 0) is 29.9 Å². The predicted octanol–water partition coefficient (Wildman–Crippen LogP) is 4.69. The third kappa shape index (κ3) is 2.99. The lowest BCUT2D eigenvalue weighted by molar-refractivity contribution is 0.361. The van der Waals surface area contributed by atoms with E-state index in [-0.39, 0.29) is 0 Å². The molecular formula is C12H16BrCl. The van der Waals surface area contributed by atoms with Gasteiger partial charge in [-0.15, -0.1) is 0 Å². The van der Waals surface area contributed by atoms with Crippen molar-refractivity contribution in [2.75, 3.05) is 5.33 Å². The molecule has 1 unspecified atom stereocenters. The lowest BCUT2D eigenvalue weighted by Gasteiger charge is -2.26. The average molecular weight is 276 g/mol. The summed E-state index contributed by atoms with van der Waals surface area (Å²) in [4.78, 5) is 0. The first-order chi connectivity index (χ1) is 6.61. The maximum atomic E-state index is 6.13. The summed E-state index contributed by atoms with van der Waals surface area (Å²) >= 11 is 9.70. The Hall–Kier alpha value is -0.0100. The van der Waals surface area contributed by atoms with Gasteiger partial charge in [0.15, 0.2) is 0 Å². The zero-order valence-corrected chi connectivity index (χ0v) is 11.0. The Bertz CT molecular complexity index is 292. The van der Waals surface area contributed by atoms with Crippen LogP contribution < -0.4 is 0 Å². The number of halogens is 2. The maximum Gasteiger partial charge on any atom is 0.0438 e. The molecule has 0 aliphatic heterocycles. The van der Waals surface area contributed by atoms with E-state index in [2.05, 4.69) is 35.8 Å². The van der Waals surface area contributed by atoms with Gasteiger partial charge in [0.25, 0.3) is 0 Å². The van der Waals surface area contributed by atoms with E-state index in [0.29, 0.717) is 5.41 Å². The Balaban J connectivity index is 2.82. The quantitative estimate of drug-likeness (QED) is 0.699. The highest BCUT2D eigenvalue weighted by molar-refractivity contribution is 9.09. The SMILES string of the molecule is CCC(C)(CBr)Cc1ccccc1Cl. The van der Waals surface area contributed by atoms with Gasteiger partial charge < -0.3 is 0 Å². The van der Waals surface area contributed by atoms with E-state index in [9.17, 15) is 0 Å². The van der Waals surface area contributed by atoms with Gasteiger partial charge >= 0.3 is 0 Å². The fourth-order valence-electron chi connectivity index (χ4n) is 1.37. The van der Waals surface area contributed by atoms with Gasteiger partial charge in [0, 0.05) is 10.4 Å². The maximum absolute atomic E-state index is 6.13. The Morgan fingerprint density at radius 2 is 2.00 bits per heavy atom. The molecule has 1 aromatic carbocycles. The fourth-order valence-corrected chi connectivity index (χ4v) is 2.17. The minimum atomic E-state index is 0.311. The molecule has 0 spiro atoms. The highest BCUT2D eigenvalue weighted by Crippen LogP contribution is 2.31. The molecule has 1 atom stereocenters. The van der Waals surface area contributed by atoms with Gasteiger partial charge in [-0.3, -0.25) is 0 Å². The summed E-state index contributed by atoms with van der Waals surface area (Å²) in [5.41, 5.74) is 1.56. The van der Waals surface area contributed by atoms with Crippen LogP contribution in [0.3, 0.4) is 0 Å². The number of rotatable bonds is 4. The topological polar surface area (TPSA) is 0 Å². The Labute approximate surface area is 99.8 Å². The molecule has 0 bridgehead atoms. The van der Waals surface area contributed by atoms with E-state index in [1.54, 1.807) is 0 Å². The summed E-state index contributed by atoms with van der Waals surface area (Å²) in [5, 5.41) is 1.90. The zero-order valence-electron chi connectivity index (χ0n) is 8.69. The molecule has 1 aromatic rings. The number of benzene rings is 1. The van der Waals surface area contributed by atoms with Crippen molar-refractivity contribution >= 4 is 27.5 Å². The van der Waals surface area contributed by atoms with Crippen LogP contribution in [-0.2, 0) is 6.42 Å². The van der Waals surface area contributed by atoms with Crippen LogP contribution in [0.25, 0.3) is 0 Å². The molecule has 0 aromatic heterocycles. The second-order valence-electron chi connectivity index (χ2n) is 4.07. The molecule has 0 aliphatic carbocycles. The van der Waals surface area contributed by atoms with Crippen LogP contribution in [-0.4, -0.2) is 5.33 Å². The van der Waals surface area contributed by atoms with E-state index >= 15 is 0 Å². The summed E-state index contributed by atoms with van der Waals surface area (Å²) in [7, 11) is 0. The lowest BCUT2D eigenvalue weighted by Crippen LogP contribution is -2.20. The molecule has 0 nitrogen and oxygen atoms in total. The minimum absolute atomic E-state index is 0.311. The van der Waals surface area contributed by atoms with Crippen molar-refractivity contribution in [1.82, 2.24) is 0 Å². The van der Waals surface area contributed by atoms with Gasteiger partial charge in [0.2, 0.25) is 0 Å². The predicted molar refractivity (Wildman–Crippen MR) is 67.3 cm³/mol. The van der Waals surface area contributed by atoms with E-state index in [1.165, 1.54) is 5.56 Å². The first-order valence-corrected chi connectivity index (χ1v) is 6.40. The van der Waals surface area contributed by atoms with Crippen molar-refractivity contribution in [3.8, 4) is 0 Å². The van der Waals surface area contributed by atoms with Crippen molar-refractivity contribution in [1.29, 1.82) is 0 Å². The number of hydrogen-bond donors (Lipinski definition) is 0. The van der Waals surface area contributed by atoms with Crippen molar-refractivity contribution in [2.45, 2.75) is 26.7 Å². The first kappa shape index (κ1) is 12.1. The molecule has 14 heavy (non-hydrogen) atoms. The Morgan fingerprint density at radius 3 is 2.50 bits per heavy atom. The summed E-state index contributed by atoms with van der Waals surface area (Å²) in [6, 6.07) is 8.09. The van der Waals surface area contributed by atoms with Gasteiger partial charge in [-0.25, -0.2) is 0 Å². The van der Waals surface area contributed by atoms with E-state index in [1.807, 2.05) is 18.2 Å². The van der Waals surface area contributed by atoms with Crippen LogP contribution in [0.5, 0.6) is 0 Å². The Morgan fingerprint density at radius 1 is 1.36 bits per heavy atom. The van der Waals surface area contributed by atoms with E-state index in [4.69, 9.17) is 11.6 Å². The minimum Gasteiger partial charge on any atom is -0.0922 e. The third-order valence-corrected chi connectivity index (χ3v) is 4.47. The van der Waals surface area contributed by atoms with Gasteiger partial charge in [0.1, 0.15) is 0 Å². The van der Waals surface area contributed by atoms with Crippen molar-refractivity contribution in [3.63, 3.8) is 0 Å². The second kappa shape index (κ2) is 5.18. The molecular weight excluding hydrogens is 259 g/mol. The summed E-state index contributed by atoms with van der Waals surface area (Å²) in [6.07, 6.45) is 2.19. The molecule has 0 saturated carbocycles. The number of hydrogen-bond acceptors (Lipinski definition) is 0. The summed E-state index contributed by atoms with van der Waals surface area (Å²) in [6.45, 7) is 4.50. The summed E-state index contributed by atoms with van der Waals surface area (Å²) in [5.74, 6) is 0. The van der Waals surface area contributed by atoms with Crippen molar-refractivity contribution in [2.24, 2.45) is 5.41 Å². The van der Waals surface area contributed by atoms with E-state index in [0.717, 1.165) is 23.2 Å². The summed E-state index contributed by atoms with van der Waals surface area (Å²) < 4.78 is 0. The molecule has 0 aliphatic rings. The van der Waals surface area contributed by atoms with Crippen molar-refractivity contribution in [3.05, 3.63) is 34.9 Å². The highest BCUT2D eigenvalue weighted by Gasteiger charge is 2.21. The van der Waals surface area contributed by atoms with Gasteiger partial charge in [-0.1, -0.05) is 59.6 Å². The highest BCUT2D eigenvalue weighted by atomic mass is 79.9. The molecule has 0 saturated heterocycles. The molecule has 0 radical (unpaired) electrons.